The first-order valence-corrected chi connectivity index (χ1v) is 15.0. The summed E-state index contributed by atoms with van der Waals surface area (Å²) in [6.45, 7) is 7.96. The fourth-order valence-corrected chi connectivity index (χ4v) is 6.70. The van der Waals surface area contributed by atoms with Gasteiger partial charge in [-0.15, -0.1) is 0 Å². The number of benzene rings is 1. The fourth-order valence-electron chi connectivity index (χ4n) is 4.89. The molecule has 11 nitrogen and oxygen atoms in total. The molecule has 12 heteroatoms. The van der Waals surface area contributed by atoms with E-state index in [1.807, 2.05) is 12.1 Å². The molecule has 2 aliphatic heterocycles. The Morgan fingerprint density at radius 2 is 1.76 bits per heavy atom. The van der Waals surface area contributed by atoms with Crippen LogP contribution in [0.25, 0.3) is 0 Å². The molecule has 38 heavy (non-hydrogen) atoms. The van der Waals surface area contributed by atoms with Gasteiger partial charge in [-0.25, -0.2) is 13.2 Å². The summed E-state index contributed by atoms with van der Waals surface area (Å²) in [6.07, 6.45) is 5.69. The van der Waals surface area contributed by atoms with Gasteiger partial charge in [0.05, 0.1) is 19.0 Å². The number of unbranched alkanes of at least 4 members (excludes halogenated alkanes) is 1. The van der Waals surface area contributed by atoms with Crippen LogP contribution in [-0.4, -0.2) is 111 Å². The highest BCUT2D eigenvalue weighted by molar-refractivity contribution is 7.92. The second-order valence-electron chi connectivity index (χ2n) is 9.82. The van der Waals surface area contributed by atoms with Crippen LogP contribution < -0.4 is 15.4 Å². The number of urea groups is 1. The molecule has 0 radical (unpaired) electrons. The molecule has 0 aromatic heterocycles. The van der Waals surface area contributed by atoms with E-state index in [4.69, 9.17) is 15.2 Å². The van der Waals surface area contributed by atoms with Crippen LogP contribution in [0.1, 0.15) is 32.6 Å². The monoisotopic (exact) mass is 553 g/mol. The van der Waals surface area contributed by atoms with Gasteiger partial charge >= 0.3 is 6.03 Å². The number of hydroxylamine groups is 2. The zero-order valence-electron chi connectivity index (χ0n) is 22.6. The van der Waals surface area contributed by atoms with Crippen molar-refractivity contribution >= 4 is 21.6 Å². The number of carbonyl (C=O) groups excluding carboxylic acids is 1. The smallest absolute Gasteiger partial charge is 0.340 e. The summed E-state index contributed by atoms with van der Waals surface area (Å²) in [5.74, 6) is 0.580. The molecule has 3 N–H and O–H groups in total. The highest BCUT2D eigenvalue weighted by atomic mass is 32.2. The molecule has 0 saturated carbocycles. The Morgan fingerprint density at radius 3 is 2.34 bits per heavy atom. The van der Waals surface area contributed by atoms with Crippen LogP contribution in [-0.2, 0) is 14.6 Å². The van der Waals surface area contributed by atoms with E-state index in [0.29, 0.717) is 26.2 Å². The van der Waals surface area contributed by atoms with Gasteiger partial charge in [-0.05, 0) is 36.9 Å². The first-order chi connectivity index (χ1) is 18.2. The van der Waals surface area contributed by atoms with E-state index in [-0.39, 0.29) is 23.7 Å². The normalized spacial score (nSPS) is 18.6. The van der Waals surface area contributed by atoms with Crippen molar-refractivity contribution in [3.8, 4) is 5.75 Å². The molecule has 2 aliphatic rings. The number of carbonyl (C=O) groups is 1. The summed E-state index contributed by atoms with van der Waals surface area (Å²) >= 11 is 0. The number of hydrogen-bond donors (Lipinski definition) is 2. The standard InChI is InChI=1S/C26H43N5O6S/c1-3-4-20-37-24-8-6-23(7-9-24)30-17-15-28(16-18-30)12-5-22-38(34,35)26(31(33)25(27)32)10-13-29(14-11-26)19-21-36-2/h5-9,12,33H,3-4,10-11,13-22H2,1-2H3,(H2,27,32). The third kappa shape index (κ3) is 7.52. The van der Waals surface area contributed by atoms with E-state index in [1.54, 1.807) is 19.4 Å². The van der Waals surface area contributed by atoms with E-state index in [1.165, 1.54) is 0 Å². The molecule has 2 fully saturated rings. The second kappa shape index (κ2) is 14.0. The van der Waals surface area contributed by atoms with Crippen molar-refractivity contribution in [1.29, 1.82) is 0 Å². The molecule has 2 saturated heterocycles. The SMILES string of the molecule is CCCCOc1ccc(N2CCN(C=CCS(=O)(=O)C3(N(O)C(N)=O)CCN(CCOC)CC3)CC2)cc1. The Bertz CT molecular complexity index is 1000. The van der Waals surface area contributed by atoms with Crippen molar-refractivity contribution in [2.24, 2.45) is 5.73 Å². The summed E-state index contributed by atoms with van der Waals surface area (Å²) in [5.41, 5.74) is 6.44. The quantitative estimate of drug-likeness (QED) is 0.214. The number of nitrogens with two attached hydrogens (primary N) is 1. The number of piperidine rings is 1. The van der Waals surface area contributed by atoms with Crippen LogP contribution in [0.4, 0.5) is 10.5 Å². The average molecular weight is 554 g/mol. The van der Waals surface area contributed by atoms with E-state index >= 15 is 0 Å². The zero-order valence-corrected chi connectivity index (χ0v) is 23.4. The van der Waals surface area contributed by atoms with Crippen LogP contribution in [0.2, 0.25) is 0 Å². The lowest BCUT2D eigenvalue weighted by molar-refractivity contribution is -0.108. The minimum Gasteiger partial charge on any atom is -0.494 e. The van der Waals surface area contributed by atoms with Crippen molar-refractivity contribution < 1.29 is 27.9 Å². The Morgan fingerprint density at radius 1 is 1.11 bits per heavy atom. The number of nitrogens with zero attached hydrogens (tertiary/aromatic N) is 4. The number of amides is 2. The van der Waals surface area contributed by atoms with Crippen molar-refractivity contribution in [1.82, 2.24) is 14.9 Å². The Labute approximate surface area is 226 Å². The lowest BCUT2D eigenvalue weighted by Crippen LogP contribution is -2.62. The Kier molecular flexibility index (Phi) is 11.1. The van der Waals surface area contributed by atoms with E-state index in [2.05, 4.69) is 33.8 Å². The molecule has 3 rings (SSSR count). The third-order valence-corrected chi connectivity index (χ3v) is 9.71. The molecule has 214 valence electrons. The molecule has 1 aromatic rings. The van der Waals surface area contributed by atoms with Crippen molar-refractivity contribution in [3.63, 3.8) is 0 Å². The van der Waals surface area contributed by atoms with E-state index < -0.39 is 20.7 Å². The van der Waals surface area contributed by atoms with Crippen LogP contribution >= 0.6 is 0 Å². The molecule has 0 unspecified atom stereocenters. The zero-order chi connectivity index (χ0) is 27.6. The maximum Gasteiger partial charge on any atom is 0.340 e. The molecule has 0 bridgehead atoms. The largest absolute Gasteiger partial charge is 0.494 e. The highest BCUT2D eigenvalue weighted by Gasteiger charge is 2.51. The number of sulfone groups is 1. The van der Waals surface area contributed by atoms with Gasteiger partial charge in [0, 0.05) is 71.5 Å². The minimum absolute atomic E-state index is 0.0768. The van der Waals surface area contributed by atoms with Gasteiger partial charge in [-0.2, -0.15) is 5.06 Å². The number of rotatable bonds is 13. The lowest BCUT2D eigenvalue weighted by Gasteiger charge is -2.44. The molecule has 1 aromatic carbocycles. The fraction of sp³-hybridized carbons (Fsp3) is 0.654. The van der Waals surface area contributed by atoms with E-state index in [9.17, 15) is 18.4 Å². The van der Waals surface area contributed by atoms with Crippen LogP contribution in [0.3, 0.4) is 0 Å². The van der Waals surface area contributed by atoms with Gasteiger partial charge in [0.25, 0.3) is 0 Å². The molecule has 2 amide bonds. The van der Waals surface area contributed by atoms with Crippen molar-refractivity contribution in [2.75, 3.05) is 76.8 Å². The number of likely N-dealkylation sites (tertiary alicyclic amines) is 1. The van der Waals surface area contributed by atoms with Gasteiger partial charge in [0.2, 0.25) is 0 Å². The summed E-state index contributed by atoms with van der Waals surface area (Å²) in [4.78, 5) is 16.5. The first kappa shape index (κ1) is 30.0. The maximum absolute atomic E-state index is 13.4. The van der Waals surface area contributed by atoms with E-state index in [0.717, 1.165) is 57.1 Å². The van der Waals surface area contributed by atoms with Crippen molar-refractivity contribution in [3.05, 3.63) is 36.5 Å². The summed E-state index contributed by atoms with van der Waals surface area (Å²) in [7, 11) is -2.31. The Hall–Kier alpha value is -2.54. The second-order valence-corrected chi connectivity index (χ2v) is 12.1. The molecule has 0 atom stereocenters. The third-order valence-electron chi connectivity index (χ3n) is 7.34. The predicted octanol–water partition coefficient (Wildman–Crippen LogP) is 2.12. The highest BCUT2D eigenvalue weighted by Crippen LogP contribution is 2.34. The van der Waals surface area contributed by atoms with Crippen LogP contribution in [0.5, 0.6) is 5.75 Å². The number of anilines is 1. The molecule has 0 spiro atoms. The predicted molar refractivity (Wildman–Crippen MR) is 147 cm³/mol. The molecule has 2 heterocycles. The maximum atomic E-state index is 13.4. The number of hydrogen-bond acceptors (Lipinski definition) is 9. The molecular weight excluding hydrogens is 510 g/mol. The number of methoxy groups -OCH3 is 1. The van der Waals surface area contributed by atoms with Gasteiger partial charge < -0.3 is 29.9 Å². The number of ether oxygens (including phenoxy) is 2. The first-order valence-electron chi connectivity index (χ1n) is 13.3. The number of piperazine rings is 1. The molecule has 0 aliphatic carbocycles. The van der Waals surface area contributed by atoms with Crippen LogP contribution in [0, 0.1) is 0 Å². The van der Waals surface area contributed by atoms with Gasteiger partial charge in [0.15, 0.2) is 14.7 Å². The minimum atomic E-state index is -3.92. The molecular formula is C26H43N5O6S. The summed E-state index contributed by atoms with van der Waals surface area (Å²) < 4.78 is 37.7. The summed E-state index contributed by atoms with van der Waals surface area (Å²) in [5, 5.41) is 10.7. The van der Waals surface area contributed by atoms with Crippen molar-refractivity contribution in [2.45, 2.75) is 37.5 Å². The Balaban J connectivity index is 1.54. The lowest BCUT2D eigenvalue weighted by atomic mass is 10.0. The number of primary amides is 1. The van der Waals surface area contributed by atoms with Gasteiger partial charge in [-0.3, -0.25) is 5.21 Å². The van der Waals surface area contributed by atoms with Gasteiger partial charge in [-0.1, -0.05) is 19.4 Å². The van der Waals surface area contributed by atoms with Gasteiger partial charge in [0.1, 0.15) is 5.75 Å². The topological polar surface area (TPSA) is 129 Å². The average Bonchev–Trinajstić information content (AvgIpc) is 2.92. The van der Waals surface area contributed by atoms with Crippen LogP contribution in [0.15, 0.2) is 36.5 Å². The summed E-state index contributed by atoms with van der Waals surface area (Å²) in [6, 6.07) is 6.96.